The van der Waals surface area contributed by atoms with Gasteiger partial charge in [-0.25, -0.2) is 8.42 Å². The molecule has 9 heteroatoms. The standard InChI is InChI=1S/C30H39N5O3S/c1-34-16-18-35(19-17-34)39(37,38)27-10-8-25(9-11-27)24-6-4-23(5-7-24)20-26(21-31)33-28(36)30(32)15-3-14-29(22-30)12-2-13-29/h4-11,26H,2-3,12-20,22,32H2,1H3,(H,33,36)/t26?,30-/m1/s1. The van der Waals surface area contributed by atoms with Gasteiger partial charge >= 0.3 is 0 Å². The van der Waals surface area contributed by atoms with Crippen molar-refractivity contribution < 1.29 is 13.2 Å². The molecule has 3 N–H and O–H groups in total. The number of rotatable bonds is 7. The molecule has 8 nitrogen and oxygen atoms in total. The molecule has 2 aliphatic carbocycles. The summed E-state index contributed by atoms with van der Waals surface area (Å²) < 4.78 is 27.6. The molecule has 0 aromatic heterocycles. The van der Waals surface area contributed by atoms with Gasteiger partial charge in [0.1, 0.15) is 6.04 Å². The van der Waals surface area contributed by atoms with E-state index in [1.165, 1.54) is 6.42 Å². The molecule has 5 rings (SSSR count). The van der Waals surface area contributed by atoms with Crippen LogP contribution in [0.15, 0.2) is 53.4 Å². The number of likely N-dealkylation sites (N-methyl/N-ethyl adjacent to an activating group) is 1. The molecule has 0 bridgehead atoms. The molecule has 1 amide bonds. The Morgan fingerprint density at radius 1 is 0.974 bits per heavy atom. The summed E-state index contributed by atoms with van der Waals surface area (Å²) in [5, 5.41) is 12.7. The van der Waals surface area contributed by atoms with E-state index in [-0.39, 0.29) is 11.3 Å². The number of nitriles is 1. The Bertz CT molecular complexity index is 1320. The number of carbonyl (C=O) groups is 1. The fraction of sp³-hybridized carbons (Fsp3) is 0.533. The minimum absolute atomic E-state index is 0.205. The van der Waals surface area contributed by atoms with Crippen molar-refractivity contribution in [2.75, 3.05) is 33.2 Å². The Balaban J connectivity index is 1.20. The molecule has 2 saturated carbocycles. The number of piperazine rings is 1. The number of benzene rings is 2. The monoisotopic (exact) mass is 549 g/mol. The van der Waals surface area contributed by atoms with Gasteiger partial charge in [0.25, 0.3) is 0 Å². The topological polar surface area (TPSA) is 120 Å². The Hall–Kier alpha value is -2.77. The van der Waals surface area contributed by atoms with Gasteiger partial charge in [-0.3, -0.25) is 4.79 Å². The van der Waals surface area contributed by atoms with E-state index in [0.717, 1.165) is 55.5 Å². The first kappa shape index (κ1) is 27.8. The van der Waals surface area contributed by atoms with Crippen LogP contribution >= 0.6 is 0 Å². The van der Waals surface area contributed by atoms with E-state index in [1.54, 1.807) is 16.4 Å². The zero-order valence-electron chi connectivity index (χ0n) is 22.7. The first-order valence-electron chi connectivity index (χ1n) is 14.0. The number of hydrogen-bond acceptors (Lipinski definition) is 6. The van der Waals surface area contributed by atoms with Crippen LogP contribution in [0.1, 0.15) is 50.5 Å². The summed E-state index contributed by atoms with van der Waals surface area (Å²) in [5.41, 5.74) is 8.74. The Kier molecular flexibility index (Phi) is 7.84. The van der Waals surface area contributed by atoms with Crippen LogP contribution < -0.4 is 11.1 Å². The summed E-state index contributed by atoms with van der Waals surface area (Å²) in [6, 6.07) is 16.4. The first-order chi connectivity index (χ1) is 18.6. The van der Waals surface area contributed by atoms with Crippen LogP contribution in [0.3, 0.4) is 0 Å². The number of sulfonamides is 1. The highest BCUT2D eigenvalue weighted by Gasteiger charge is 2.49. The summed E-state index contributed by atoms with van der Waals surface area (Å²) in [5.74, 6) is -0.205. The lowest BCUT2D eigenvalue weighted by atomic mass is 9.56. The molecule has 1 aliphatic heterocycles. The van der Waals surface area contributed by atoms with E-state index in [0.29, 0.717) is 37.2 Å². The predicted molar refractivity (Wildman–Crippen MR) is 151 cm³/mol. The molecule has 2 aromatic carbocycles. The van der Waals surface area contributed by atoms with Gasteiger partial charge in [0.05, 0.1) is 16.5 Å². The molecule has 1 saturated heterocycles. The van der Waals surface area contributed by atoms with Crippen molar-refractivity contribution in [2.45, 2.75) is 67.8 Å². The van der Waals surface area contributed by atoms with E-state index >= 15 is 0 Å². The van der Waals surface area contributed by atoms with Crippen LogP contribution in [0.4, 0.5) is 0 Å². The highest BCUT2D eigenvalue weighted by atomic mass is 32.2. The van der Waals surface area contributed by atoms with E-state index in [4.69, 9.17) is 5.73 Å². The van der Waals surface area contributed by atoms with Crippen LogP contribution in [0, 0.1) is 16.7 Å². The van der Waals surface area contributed by atoms with Crippen molar-refractivity contribution in [1.29, 1.82) is 5.26 Å². The van der Waals surface area contributed by atoms with E-state index in [1.807, 2.05) is 43.4 Å². The minimum atomic E-state index is -3.50. The van der Waals surface area contributed by atoms with Gasteiger partial charge in [-0.1, -0.05) is 49.2 Å². The number of hydrogen-bond donors (Lipinski definition) is 2. The summed E-state index contributed by atoms with van der Waals surface area (Å²) in [6.07, 6.45) is 7.43. The van der Waals surface area contributed by atoms with Crippen molar-refractivity contribution in [2.24, 2.45) is 11.1 Å². The smallest absolute Gasteiger partial charge is 0.243 e. The minimum Gasteiger partial charge on any atom is -0.338 e. The SMILES string of the molecule is CN1CCN(S(=O)(=O)c2ccc(-c3ccc(CC(C#N)NC(=O)[C@@]4(N)CCCC5(CCC5)C4)cc3)cc2)CC1. The van der Waals surface area contributed by atoms with Crippen LogP contribution in [0.2, 0.25) is 0 Å². The fourth-order valence-corrected chi connectivity index (χ4v) is 7.84. The van der Waals surface area contributed by atoms with E-state index < -0.39 is 21.6 Å². The summed E-state index contributed by atoms with van der Waals surface area (Å²) in [7, 11) is -1.51. The van der Waals surface area contributed by atoms with Crippen LogP contribution in [-0.4, -0.2) is 68.3 Å². The second-order valence-corrected chi connectivity index (χ2v) is 13.8. The molecule has 1 heterocycles. The van der Waals surface area contributed by atoms with Crippen molar-refractivity contribution >= 4 is 15.9 Å². The van der Waals surface area contributed by atoms with Gasteiger partial charge in [0.2, 0.25) is 15.9 Å². The zero-order chi connectivity index (χ0) is 27.7. The molecule has 2 atom stereocenters. The van der Waals surface area contributed by atoms with Gasteiger partial charge in [-0.05, 0) is 73.4 Å². The molecule has 3 fully saturated rings. The number of amides is 1. The maximum Gasteiger partial charge on any atom is 0.243 e. The number of nitrogens with one attached hydrogen (secondary N) is 1. The molecule has 0 radical (unpaired) electrons. The van der Waals surface area contributed by atoms with Gasteiger partial charge in [-0.2, -0.15) is 9.57 Å². The Morgan fingerprint density at radius 2 is 1.54 bits per heavy atom. The summed E-state index contributed by atoms with van der Waals surface area (Å²) in [4.78, 5) is 15.6. The lowest BCUT2D eigenvalue weighted by Crippen LogP contribution is -2.61. The lowest BCUT2D eigenvalue weighted by molar-refractivity contribution is -0.131. The number of nitrogens with two attached hydrogens (primary N) is 1. The second kappa shape index (κ2) is 11.0. The van der Waals surface area contributed by atoms with Gasteiger partial charge in [-0.15, -0.1) is 0 Å². The average molecular weight is 550 g/mol. The molecule has 1 spiro atoms. The van der Waals surface area contributed by atoms with Crippen molar-refractivity contribution in [3.8, 4) is 17.2 Å². The average Bonchev–Trinajstić information content (AvgIpc) is 2.92. The van der Waals surface area contributed by atoms with Crippen LogP contribution in [-0.2, 0) is 21.2 Å². The van der Waals surface area contributed by atoms with Gasteiger partial charge in [0, 0.05) is 32.6 Å². The Morgan fingerprint density at radius 3 is 2.10 bits per heavy atom. The third kappa shape index (κ3) is 5.90. The maximum atomic E-state index is 13.1. The Labute approximate surface area is 232 Å². The van der Waals surface area contributed by atoms with E-state index in [9.17, 15) is 18.5 Å². The van der Waals surface area contributed by atoms with Gasteiger partial charge in [0.15, 0.2) is 0 Å². The lowest BCUT2D eigenvalue weighted by Gasteiger charge is -2.50. The summed E-state index contributed by atoms with van der Waals surface area (Å²) in [6.45, 7) is 2.46. The van der Waals surface area contributed by atoms with Crippen molar-refractivity contribution in [1.82, 2.24) is 14.5 Å². The van der Waals surface area contributed by atoms with Gasteiger partial charge < -0.3 is 16.0 Å². The van der Waals surface area contributed by atoms with Crippen molar-refractivity contribution in [3.05, 3.63) is 54.1 Å². The molecular weight excluding hydrogens is 510 g/mol. The van der Waals surface area contributed by atoms with Crippen LogP contribution in [0.25, 0.3) is 11.1 Å². The third-order valence-corrected chi connectivity index (χ3v) is 10.9. The fourth-order valence-electron chi connectivity index (χ4n) is 6.42. The maximum absolute atomic E-state index is 13.1. The third-order valence-electron chi connectivity index (χ3n) is 9.03. The molecule has 2 aromatic rings. The molecule has 3 aliphatic rings. The second-order valence-electron chi connectivity index (χ2n) is 11.8. The molecule has 1 unspecified atom stereocenters. The zero-order valence-corrected chi connectivity index (χ0v) is 23.5. The summed E-state index contributed by atoms with van der Waals surface area (Å²) >= 11 is 0. The first-order valence-corrected chi connectivity index (χ1v) is 15.4. The largest absolute Gasteiger partial charge is 0.338 e. The normalized spacial score (nSPS) is 24.4. The number of nitrogens with zero attached hydrogens (tertiary/aromatic N) is 3. The highest BCUT2D eigenvalue weighted by molar-refractivity contribution is 7.89. The molecule has 208 valence electrons. The van der Waals surface area contributed by atoms with Crippen molar-refractivity contribution in [3.63, 3.8) is 0 Å². The molecule has 39 heavy (non-hydrogen) atoms. The predicted octanol–water partition coefficient (Wildman–Crippen LogP) is 3.28. The van der Waals surface area contributed by atoms with Crippen LogP contribution in [0.5, 0.6) is 0 Å². The number of carbonyl (C=O) groups excluding carboxylic acids is 1. The highest BCUT2D eigenvalue weighted by Crippen LogP contribution is 2.53. The quantitative estimate of drug-likeness (QED) is 0.547. The molecular formula is C30H39N5O3S. The van der Waals surface area contributed by atoms with E-state index in [2.05, 4.69) is 16.3 Å².